The van der Waals surface area contributed by atoms with Crippen molar-refractivity contribution in [1.82, 2.24) is 4.90 Å². The molecule has 18 heavy (non-hydrogen) atoms. The van der Waals surface area contributed by atoms with Gasteiger partial charge < -0.3 is 10.5 Å². The van der Waals surface area contributed by atoms with E-state index < -0.39 is 0 Å². The Kier molecular flexibility index (Phi) is 4.68. The molecule has 106 valence electrons. The molecule has 4 unspecified atom stereocenters. The molecule has 0 bridgehead atoms. The predicted octanol–water partition coefficient (Wildman–Crippen LogP) is 2.25. The average molecular weight is 254 g/mol. The Balaban J connectivity index is 2.15. The molecule has 0 aromatic carbocycles. The van der Waals surface area contributed by atoms with E-state index in [9.17, 15) is 0 Å². The molecule has 2 rings (SSSR count). The number of piperidine rings is 1. The van der Waals surface area contributed by atoms with E-state index in [1.165, 1.54) is 45.2 Å². The molecular weight excluding hydrogens is 224 g/mol. The third-order valence-corrected chi connectivity index (χ3v) is 5.53. The number of hydrogen-bond acceptors (Lipinski definition) is 3. The van der Waals surface area contributed by atoms with Gasteiger partial charge in [-0.25, -0.2) is 0 Å². The standard InChI is InChI=1S/C15H30N2O/c1-12-7-9-17(10-13(12)2)15(11-16)8-5-4-6-14(15)18-3/h12-14H,4-11,16H2,1-3H3. The van der Waals surface area contributed by atoms with Gasteiger partial charge in [-0.2, -0.15) is 0 Å². The third kappa shape index (κ3) is 2.45. The van der Waals surface area contributed by atoms with Crippen LogP contribution in [0.5, 0.6) is 0 Å². The Morgan fingerprint density at radius 1 is 1.22 bits per heavy atom. The van der Waals surface area contributed by atoms with Gasteiger partial charge in [-0.15, -0.1) is 0 Å². The first-order chi connectivity index (χ1) is 8.64. The van der Waals surface area contributed by atoms with Crippen molar-refractivity contribution in [2.24, 2.45) is 17.6 Å². The number of nitrogens with two attached hydrogens (primary N) is 1. The topological polar surface area (TPSA) is 38.5 Å². The van der Waals surface area contributed by atoms with Crippen LogP contribution in [0.2, 0.25) is 0 Å². The molecule has 1 saturated carbocycles. The molecular formula is C15H30N2O. The molecule has 0 aromatic rings. The van der Waals surface area contributed by atoms with Gasteiger partial charge in [0.2, 0.25) is 0 Å². The van der Waals surface area contributed by atoms with Crippen molar-refractivity contribution in [3.63, 3.8) is 0 Å². The Morgan fingerprint density at radius 3 is 2.61 bits per heavy atom. The van der Waals surface area contributed by atoms with Crippen molar-refractivity contribution in [3.05, 3.63) is 0 Å². The van der Waals surface area contributed by atoms with Crippen molar-refractivity contribution in [3.8, 4) is 0 Å². The lowest BCUT2D eigenvalue weighted by molar-refractivity contribution is -0.0925. The van der Waals surface area contributed by atoms with Gasteiger partial charge in [0.15, 0.2) is 0 Å². The number of methoxy groups -OCH3 is 1. The van der Waals surface area contributed by atoms with Crippen molar-refractivity contribution in [2.75, 3.05) is 26.7 Å². The fraction of sp³-hybridized carbons (Fsp3) is 1.00. The maximum absolute atomic E-state index is 6.19. The van der Waals surface area contributed by atoms with E-state index in [1.54, 1.807) is 0 Å². The van der Waals surface area contributed by atoms with E-state index in [4.69, 9.17) is 10.5 Å². The predicted molar refractivity (Wildman–Crippen MR) is 75.6 cm³/mol. The Hall–Kier alpha value is -0.120. The number of likely N-dealkylation sites (tertiary alicyclic amines) is 1. The van der Waals surface area contributed by atoms with Gasteiger partial charge in [-0.05, 0) is 37.6 Å². The molecule has 4 atom stereocenters. The molecule has 0 spiro atoms. The number of rotatable bonds is 3. The third-order valence-electron chi connectivity index (χ3n) is 5.53. The maximum atomic E-state index is 6.19. The summed E-state index contributed by atoms with van der Waals surface area (Å²) >= 11 is 0. The zero-order chi connectivity index (χ0) is 13.2. The van der Waals surface area contributed by atoms with Crippen LogP contribution in [0.25, 0.3) is 0 Å². The molecule has 1 aliphatic heterocycles. The number of hydrogen-bond donors (Lipinski definition) is 1. The summed E-state index contributed by atoms with van der Waals surface area (Å²) in [7, 11) is 1.86. The fourth-order valence-corrected chi connectivity index (χ4v) is 3.92. The summed E-state index contributed by atoms with van der Waals surface area (Å²) in [6, 6.07) is 0. The number of nitrogens with zero attached hydrogens (tertiary/aromatic N) is 1. The van der Waals surface area contributed by atoms with Crippen LogP contribution in [-0.4, -0.2) is 43.3 Å². The highest BCUT2D eigenvalue weighted by Gasteiger charge is 2.46. The minimum absolute atomic E-state index is 0.113. The van der Waals surface area contributed by atoms with Gasteiger partial charge >= 0.3 is 0 Å². The molecule has 1 heterocycles. The van der Waals surface area contributed by atoms with Crippen LogP contribution in [0.4, 0.5) is 0 Å². The molecule has 0 radical (unpaired) electrons. The highest BCUT2D eigenvalue weighted by Crippen LogP contribution is 2.38. The SMILES string of the molecule is COC1CCCCC1(CN)N1CCC(C)C(C)C1. The zero-order valence-corrected chi connectivity index (χ0v) is 12.3. The van der Waals surface area contributed by atoms with Crippen molar-refractivity contribution >= 4 is 0 Å². The van der Waals surface area contributed by atoms with E-state index in [2.05, 4.69) is 18.7 Å². The molecule has 3 heteroatoms. The largest absolute Gasteiger partial charge is 0.379 e. The van der Waals surface area contributed by atoms with E-state index in [-0.39, 0.29) is 5.54 Å². The van der Waals surface area contributed by atoms with Crippen molar-refractivity contribution in [2.45, 2.75) is 57.6 Å². The monoisotopic (exact) mass is 254 g/mol. The van der Waals surface area contributed by atoms with Gasteiger partial charge in [-0.3, -0.25) is 4.90 Å². The second kappa shape index (κ2) is 5.89. The lowest BCUT2D eigenvalue weighted by Gasteiger charge is -2.53. The Labute approximate surface area is 112 Å². The average Bonchev–Trinajstić information content (AvgIpc) is 2.41. The van der Waals surface area contributed by atoms with Crippen LogP contribution in [0.3, 0.4) is 0 Å². The second-order valence-corrected chi connectivity index (χ2v) is 6.47. The summed E-state index contributed by atoms with van der Waals surface area (Å²) in [6.45, 7) is 7.89. The van der Waals surface area contributed by atoms with Crippen molar-refractivity contribution < 1.29 is 4.74 Å². The van der Waals surface area contributed by atoms with Gasteiger partial charge in [0.05, 0.1) is 11.6 Å². The zero-order valence-electron chi connectivity index (χ0n) is 12.3. The minimum Gasteiger partial charge on any atom is -0.379 e. The summed E-state index contributed by atoms with van der Waals surface area (Å²) < 4.78 is 5.79. The quantitative estimate of drug-likeness (QED) is 0.839. The Morgan fingerprint density at radius 2 is 2.00 bits per heavy atom. The first-order valence-electron chi connectivity index (χ1n) is 7.62. The van der Waals surface area contributed by atoms with Gasteiger partial charge in [-0.1, -0.05) is 26.7 Å². The van der Waals surface area contributed by atoms with Crippen LogP contribution in [0.1, 0.15) is 46.0 Å². The van der Waals surface area contributed by atoms with E-state index >= 15 is 0 Å². The summed E-state index contributed by atoms with van der Waals surface area (Å²) in [5, 5.41) is 0. The molecule has 0 aromatic heterocycles. The van der Waals surface area contributed by atoms with E-state index in [0.29, 0.717) is 6.10 Å². The molecule has 2 fully saturated rings. The summed E-state index contributed by atoms with van der Waals surface area (Å²) in [6.07, 6.45) is 6.62. The normalized spacial score (nSPS) is 43.0. The summed E-state index contributed by atoms with van der Waals surface area (Å²) in [5.41, 5.74) is 6.31. The highest BCUT2D eigenvalue weighted by atomic mass is 16.5. The smallest absolute Gasteiger partial charge is 0.0767 e. The first-order valence-corrected chi connectivity index (χ1v) is 7.62. The maximum Gasteiger partial charge on any atom is 0.0767 e. The van der Waals surface area contributed by atoms with Gasteiger partial charge in [0, 0.05) is 20.2 Å². The summed E-state index contributed by atoms with van der Waals surface area (Å²) in [5.74, 6) is 1.63. The summed E-state index contributed by atoms with van der Waals surface area (Å²) in [4.78, 5) is 2.66. The van der Waals surface area contributed by atoms with Gasteiger partial charge in [0.1, 0.15) is 0 Å². The molecule has 0 amide bonds. The van der Waals surface area contributed by atoms with Crippen LogP contribution >= 0.6 is 0 Å². The molecule has 1 saturated heterocycles. The molecule has 3 nitrogen and oxygen atoms in total. The minimum atomic E-state index is 0.113. The van der Waals surface area contributed by atoms with Crippen LogP contribution < -0.4 is 5.73 Å². The van der Waals surface area contributed by atoms with Crippen LogP contribution in [0, 0.1) is 11.8 Å². The first kappa shape index (κ1) is 14.3. The van der Waals surface area contributed by atoms with E-state index in [1.807, 2.05) is 7.11 Å². The molecule has 1 aliphatic carbocycles. The van der Waals surface area contributed by atoms with Crippen molar-refractivity contribution in [1.29, 1.82) is 0 Å². The molecule has 2 N–H and O–H groups in total. The lowest BCUT2D eigenvalue weighted by Crippen LogP contribution is -2.65. The van der Waals surface area contributed by atoms with Crippen LogP contribution in [0.15, 0.2) is 0 Å². The Bertz CT molecular complexity index is 271. The van der Waals surface area contributed by atoms with Gasteiger partial charge in [0.25, 0.3) is 0 Å². The highest BCUT2D eigenvalue weighted by molar-refractivity contribution is 5.02. The molecule has 2 aliphatic rings. The van der Waals surface area contributed by atoms with E-state index in [0.717, 1.165) is 18.4 Å². The number of ether oxygens (including phenoxy) is 1. The van der Waals surface area contributed by atoms with Crippen LogP contribution in [-0.2, 0) is 4.74 Å². The fourth-order valence-electron chi connectivity index (χ4n) is 3.92. The lowest BCUT2D eigenvalue weighted by atomic mass is 9.75. The second-order valence-electron chi connectivity index (χ2n) is 6.47.